The number of hydrogen-bond donors (Lipinski definition) is 3. The molecular formula is C18H12Br2Cl2N4O2. The Kier molecular flexibility index (Phi) is 6.44. The average molecular weight is 547 g/mol. The maximum Gasteiger partial charge on any atom is 0.165 e. The molecule has 0 aliphatic carbocycles. The number of halogens is 4. The zero-order valence-electron chi connectivity index (χ0n) is 14.2. The molecule has 0 aliphatic rings. The van der Waals surface area contributed by atoms with Crippen LogP contribution in [0, 0.1) is 6.92 Å². The molecule has 0 fully saturated rings. The molecule has 1 aromatic heterocycles. The van der Waals surface area contributed by atoms with Crippen LogP contribution in [-0.4, -0.2) is 26.4 Å². The Labute approximate surface area is 187 Å². The van der Waals surface area contributed by atoms with Gasteiger partial charge in [0, 0.05) is 26.8 Å². The van der Waals surface area contributed by atoms with Gasteiger partial charge in [0.1, 0.15) is 11.5 Å². The molecule has 3 rings (SSSR count). The molecule has 144 valence electrons. The van der Waals surface area contributed by atoms with Gasteiger partial charge in [0.2, 0.25) is 0 Å². The number of nitrogens with one attached hydrogen (secondary N) is 1. The summed E-state index contributed by atoms with van der Waals surface area (Å²) in [7, 11) is 0. The van der Waals surface area contributed by atoms with Crippen LogP contribution in [0.4, 0.5) is 5.82 Å². The summed E-state index contributed by atoms with van der Waals surface area (Å²) in [6.07, 6.45) is 1.37. The fraction of sp³-hybridized carbons (Fsp3) is 0.0556. The molecule has 0 saturated heterocycles. The van der Waals surface area contributed by atoms with E-state index in [1.54, 1.807) is 25.1 Å². The standard InChI is InChI=1S/C18H12Br2Cl2N4O2/c1-8-2-15(26-23-7-9-3-11(21)6-14(22)16(9)27)25-18(24-8)12-4-10(19)5-13(20)17(12)28/h2-7,27-28H,1H3,(H,24,25,26)/b23-7-. The number of benzene rings is 2. The molecule has 0 spiro atoms. The summed E-state index contributed by atoms with van der Waals surface area (Å²) < 4.78 is 1.28. The van der Waals surface area contributed by atoms with Crippen molar-refractivity contribution in [2.45, 2.75) is 6.92 Å². The lowest BCUT2D eigenvalue weighted by Crippen LogP contribution is -1.99. The molecule has 0 atom stereocenters. The number of hydrogen-bond acceptors (Lipinski definition) is 6. The van der Waals surface area contributed by atoms with Crippen molar-refractivity contribution < 1.29 is 10.2 Å². The van der Waals surface area contributed by atoms with E-state index in [-0.39, 0.29) is 16.5 Å². The van der Waals surface area contributed by atoms with Crippen molar-refractivity contribution >= 4 is 67.1 Å². The van der Waals surface area contributed by atoms with E-state index in [1.165, 1.54) is 18.3 Å². The molecule has 10 heteroatoms. The Morgan fingerprint density at radius 1 is 1.04 bits per heavy atom. The van der Waals surface area contributed by atoms with Crippen LogP contribution in [0.2, 0.25) is 10.0 Å². The predicted molar refractivity (Wildman–Crippen MR) is 119 cm³/mol. The van der Waals surface area contributed by atoms with Crippen LogP contribution in [0.25, 0.3) is 11.4 Å². The summed E-state index contributed by atoms with van der Waals surface area (Å²) in [6.45, 7) is 1.80. The van der Waals surface area contributed by atoms with Crippen LogP contribution in [0.5, 0.6) is 11.5 Å². The third kappa shape index (κ3) is 4.75. The van der Waals surface area contributed by atoms with E-state index in [0.717, 1.165) is 4.47 Å². The Morgan fingerprint density at radius 3 is 2.54 bits per heavy atom. The van der Waals surface area contributed by atoms with Crippen molar-refractivity contribution in [1.29, 1.82) is 0 Å². The van der Waals surface area contributed by atoms with E-state index < -0.39 is 0 Å². The summed E-state index contributed by atoms with van der Waals surface area (Å²) >= 11 is 18.5. The van der Waals surface area contributed by atoms with Gasteiger partial charge < -0.3 is 10.2 Å². The number of anilines is 1. The molecule has 3 N–H and O–H groups in total. The van der Waals surface area contributed by atoms with Crippen LogP contribution < -0.4 is 5.43 Å². The van der Waals surface area contributed by atoms with E-state index in [2.05, 4.69) is 52.4 Å². The number of aryl methyl sites for hydroxylation is 1. The Morgan fingerprint density at radius 2 is 1.79 bits per heavy atom. The highest BCUT2D eigenvalue weighted by Gasteiger charge is 2.13. The first-order valence-electron chi connectivity index (χ1n) is 7.75. The SMILES string of the molecule is Cc1cc(N/N=C\c2cc(Cl)cc(Cl)c2O)nc(-c2cc(Br)cc(Br)c2O)n1. The van der Waals surface area contributed by atoms with Gasteiger partial charge in [0.15, 0.2) is 11.6 Å². The molecule has 0 saturated carbocycles. The van der Waals surface area contributed by atoms with E-state index >= 15 is 0 Å². The van der Waals surface area contributed by atoms with Gasteiger partial charge >= 0.3 is 0 Å². The van der Waals surface area contributed by atoms with Gasteiger partial charge in [0.05, 0.1) is 21.3 Å². The molecule has 0 aliphatic heterocycles. The number of hydrazone groups is 1. The number of phenols is 2. The molecule has 0 amide bonds. The van der Waals surface area contributed by atoms with E-state index in [0.29, 0.717) is 38.0 Å². The highest BCUT2D eigenvalue weighted by atomic mass is 79.9. The van der Waals surface area contributed by atoms with Crippen molar-refractivity contribution in [3.63, 3.8) is 0 Å². The Balaban J connectivity index is 1.91. The van der Waals surface area contributed by atoms with Crippen molar-refractivity contribution in [2.75, 3.05) is 5.43 Å². The highest BCUT2D eigenvalue weighted by molar-refractivity contribution is 9.11. The molecule has 0 bridgehead atoms. The van der Waals surface area contributed by atoms with E-state index in [1.807, 2.05) is 0 Å². The van der Waals surface area contributed by atoms with Crippen molar-refractivity contribution in [3.8, 4) is 22.9 Å². The van der Waals surface area contributed by atoms with Crippen LogP contribution in [0.1, 0.15) is 11.3 Å². The highest BCUT2D eigenvalue weighted by Crippen LogP contribution is 2.37. The second kappa shape index (κ2) is 8.65. The average Bonchev–Trinajstić information content (AvgIpc) is 2.61. The summed E-state index contributed by atoms with van der Waals surface area (Å²) in [5, 5.41) is 24.9. The third-order valence-corrected chi connectivity index (χ3v) is 5.13. The first-order valence-corrected chi connectivity index (χ1v) is 10.1. The number of nitrogens with zero attached hydrogens (tertiary/aromatic N) is 3. The number of aromatic nitrogens is 2. The van der Waals surface area contributed by atoms with Gasteiger partial charge in [-0.3, -0.25) is 5.43 Å². The fourth-order valence-electron chi connectivity index (χ4n) is 2.33. The van der Waals surface area contributed by atoms with Crippen LogP contribution in [0.15, 0.2) is 44.4 Å². The van der Waals surface area contributed by atoms with Gasteiger partial charge in [-0.2, -0.15) is 5.10 Å². The Bertz CT molecular complexity index is 1090. The normalized spacial score (nSPS) is 11.2. The monoisotopic (exact) mass is 544 g/mol. The van der Waals surface area contributed by atoms with Gasteiger partial charge in [-0.25, -0.2) is 9.97 Å². The van der Waals surface area contributed by atoms with Gasteiger partial charge in [-0.1, -0.05) is 39.1 Å². The zero-order valence-corrected chi connectivity index (χ0v) is 18.9. The summed E-state index contributed by atoms with van der Waals surface area (Å²) in [5.41, 5.74) is 4.25. The minimum Gasteiger partial charge on any atom is -0.506 e. The molecule has 1 heterocycles. The smallest absolute Gasteiger partial charge is 0.165 e. The van der Waals surface area contributed by atoms with Crippen LogP contribution >= 0.6 is 55.1 Å². The lowest BCUT2D eigenvalue weighted by molar-refractivity contribution is 0.473. The van der Waals surface area contributed by atoms with E-state index in [4.69, 9.17) is 23.2 Å². The van der Waals surface area contributed by atoms with Gasteiger partial charge in [-0.05, 0) is 47.1 Å². The number of aromatic hydroxyl groups is 2. The topological polar surface area (TPSA) is 90.6 Å². The first-order chi connectivity index (χ1) is 13.2. The summed E-state index contributed by atoms with van der Waals surface area (Å²) in [4.78, 5) is 8.75. The fourth-order valence-corrected chi connectivity index (χ4v) is 4.07. The zero-order chi connectivity index (χ0) is 20.4. The largest absolute Gasteiger partial charge is 0.506 e. The van der Waals surface area contributed by atoms with Crippen molar-refractivity contribution in [3.05, 3.63) is 60.6 Å². The molecule has 3 aromatic rings. The van der Waals surface area contributed by atoms with Crippen molar-refractivity contribution in [1.82, 2.24) is 9.97 Å². The lowest BCUT2D eigenvalue weighted by Gasteiger charge is -2.09. The minimum atomic E-state index is -0.125. The first kappa shape index (κ1) is 20.9. The van der Waals surface area contributed by atoms with Crippen molar-refractivity contribution in [2.24, 2.45) is 5.10 Å². The maximum absolute atomic E-state index is 10.3. The second-order valence-corrected chi connectivity index (χ2v) is 8.31. The minimum absolute atomic E-state index is 0.0294. The number of rotatable bonds is 4. The molecule has 0 radical (unpaired) electrons. The third-order valence-electron chi connectivity index (χ3n) is 3.56. The van der Waals surface area contributed by atoms with Gasteiger partial charge in [-0.15, -0.1) is 0 Å². The summed E-state index contributed by atoms with van der Waals surface area (Å²) in [6, 6.07) is 8.10. The second-order valence-electron chi connectivity index (χ2n) is 5.70. The quantitative estimate of drug-likeness (QED) is 0.270. The van der Waals surface area contributed by atoms with Gasteiger partial charge in [0.25, 0.3) is 0 Å². The molecule has 2 aromatic carbocycles. The maximum atomic E-state index is 10.3. The molecule has 6 nitrogen and oxygen atoms in total. The summed E-state index contributed by atoms with van der Waals surface area (Å²) in [5.74, 6) is 0.634. The predicted octanol–water partition coefficient (Wildman–Crippen LogP) is 6.14. The number of phenolic OH excluding ortho intramolecular Hbond substituents is 2. The van der Waals surface area contributed by atoms with E-state index in [9.17, 15) is 10.2 Å². The molecule has 0 unspecified atom stereocenters. The molecular weight excluding hydrogens is 535 g/mol. The lowest BCUT2D eigenvalue weighted by atomic mass is 10.2. The van der Waals surface area contributed by atoms with Crippen LogP contribution in [0.3, 0.4) is 0 Å². The molecule has 28 heavy (non-hydrogen) atoms. The van der Waals surface area contributed by atoms with Crippen LogP contribution in [-0.2, 0) is 0 Å². The Hall–Kier alpha value is -1.87.